The predicted octanol–water partition coefficient (Wildman–Crippen LogP) is 0.992. The van der Waals surface area contributed by atoms with Crippen LogP contribution < -0.4 is 15.4 Å². The molecule has 1 rings (SSSR count). The zero-order valence-corrected chi connectivity index (χ0v) is 13.5. The lowest BCUT2D eigenvalue weighted by Gasteiger charge is -2.11. The standard InChI is InChI=1S/C12H22N4O2S2/c1-3-4-7-14-12(13-2)15-8-9-16-20(17,18)11-6-5-10-19-11/h5-6,10,16H,3-4,7-9H2,1-2H3,(H2,13,14,15). The van der Waals surface area contributed by atoms with E-state index in [-0.39, 0.29) is 0 Å². The van der Waals surface area contributed by atoms with E-state index in [1.54, 1.807) is 24.6 Å². The van der Waals surface area contributed by atoms with E-state index in [4.69, 9.17) is 0 Å². The summed E-state index contributed by atoms with van der Waals surface area (Å²) in [5.74, 6) is 0.689. The van der Waals surface area contributed by atoms with Gasteiger partial charge in [-0.25, -0.2) is 13.1 Å². The highest BCUT2D eigenvalue weighted by Gasteiger charge is 2.13. The molecule has 0 spiro atoms. The van der Waals surface area contributed by atoms with Gasteiger partial charge in [-0.2, -0.15) is 0 Å². The van der Waals surface area contributed by atoms with Crippen molar-refractivity contribution >= 4 is 27.3 Å². The van der Waals surface area contributed by atoms with Crippen molar-refractivity contribution in [3.63, 3.8) is 0 Å². The zero-order valence-electron chi connectivity index (χ0n) is 11.8. The van der Waals surface area contributed by atoms with Crippen LogP contribution in [0.1, 0.15) is 19.8 Å². The Balaban J connectivity index is 2.27. The van der Waals surface area contributed by atoms with Crippen molar-refractivity contribution < 1.29 is 8.42 Å². The minimum atomic E-state index is -3.37. The Morgan fingerprint density at radius 2 is 2.05 bits per heavy atom. The molecule has 0 unspecified atom stereocenters. The molecule has 6 nitrogen and oxygen atoms in total. The first-order valence-electron chi connectivity index (χ1n) is 6.58. The molecule has 0 bridgehead atoms. The van der Waals surface area contributed by atoms with Crippen LogP contribution in [0, 0.1) is 0 Å². The zero-order chi connectivity index (χ0) is 14.8. The molecular formula is C12H22N4O2S2. The molecule has 1 aromatic rings. The summed E-state index contributed by atoms with van der Waals surface area (Å²) in [4.78, 5) is 4.06. The second-order valence-corrected chi connectivity index (χ2v) is 7.05. The van der Waals surface area contributed by atoms with Gasteiger partial charge in [-0.1, -0.05) is 19.4 Å². The third-order valence-corrected chi connectivity index (χ3v) is 5.37. The third-order valence-electron chi connectivity index (χ3n) is 2.52. The van der Waals surface area contributed by atoms with E-state index in [2.05, 4.69) is 27.3 Å². The van der Waals surface area contributed by atoms with Gasteiger partial charge in [0, 0.05) is 26.7 Å². The van der Waals surface area contributed by atoms with Gasteiger partial charge in [-0.15, -0.1) is 11.3 Å². The second kappa shape index (κ2) is 8.93. The summed E-state index contributed by atoms with van der Waals surface area (Å²) in [7, 11) is -1.68. The number of rotatable bonds is 8. The summed E-state index contributed by atoms with van der Waals surface area (Å²) in [6, 6.07) is 3.31. The summed E-state index contributed by atoms with van der Waals surface area (Å²) in [6.45, 7) is 3.78. The fourth-order valence-corrected chi connectivity index (χ4v) is 3.53. The summed E-state index contributed by atoms with van der Waals surface area (Å²) in [6.07, 6.45) is 2.19. The number of guanidine groups is 1. The lowest BCUT2D eigenvalue weighted by atomic mass is 10.3. The first-order chi connectivity index (χ1) is 9.60. The largest absolute Gasteiger partial charge is 0.356 e. The topological polar surface area (TPSA) is 82.6 Å². The Morgan fingerprint density at radius 3 is 2.65 bits per heavy atom. The van der Waals surface area contributed by atoms with Crippen molar-refractivity contribution in [2.75, 3.05) is 26.7 Å². The van der Waals surface area contributed by atoms with Crippen LogP contribution in [0.25, 0.3) is 0 Å². The molecule has 1 heterocycles. The van der Waals surface area contributed by atoms with Crippen LogP contribution in [0.4, 0.5) is 0 Å². The van der Waals surface area contributed by atoms with E-state index in [9.17, 15) is 8.42 Å². The molecule has 0 aromatic carbocycles. The minimum absolute atomic E-state index is 0.314. The maximum Gasteiger partial charge on any atom is 0.250 e. The second-order valence-electron chi connectivity index (χ2n) is 4.11. The van der Waals surface area contributed by atoms with Crippen LogP contribution in [-0.4, -0.2) is 41.1 Å². The first-order valence-corrected chi connectivity index (χ1v) is 8.94. The van der Waals surface area contributed by atoms with Crippen molar-refractivity contribution in [2.24, 2.45) is 4.99 Å². The summed E-state index contributed by atoms with van der Waals surface area (Å²) in [5, 5.41) is 7.96. The Labute approximate surface area is 124 Å². The van der Waals surface area contributed by atoms with Crippen molar-refractivity contribution in [3.05, 3.63) is 17.5 Å². The van der Waals surface area contributed by atoms with Crippen molar-refractivity contribution in [3.8, 4) is 0 Å². The van der Waals surface area contributed by atoms with E-state index in [0.29, 0.717) is 23.3 Å². The molecule has 0 amide bonds. The van der Waals surface area contributed by atoms with Crippen LogP contribution in [0.5, 0.6) is 0 Å². The summed E-state index contributed by atoms with van der Waals surface area (Å²) in [5.41, 5.74) is 0. The number of hydrogen-bond acceptors (Lipinski definition) is 4. The van der Waals surface area contributed by atoms with Gasteiger partial charge in [-0.3, -0.25) is 4.99 Å². The molecule has 0 fully saturated rings. The highest BCUT2D eigenvalue weighted by molar-refractivity contribution is 7.91. The van der Waals surface area contributed by atoms with Crippen molar-refractivity contribution in [1.82, 2.24) is 15.4 Å². The normalized spacial score (nSPS) is 12.4. The molecule has 8 heteroatoms. The first kappa shape index (κ1) is 16.9. The van der Waals surface area contributed by atoms with E-state index in [0.717, 1.165) is 19.4 Å². The van der Waals surface area contributed by atoms with E-state index < -0.39 is 10.0 Å². The maximum atomic E-state index is 11.8. The molecule has 0 aliphatic carbocycles. The maximum absolute atomic E-state index is 11.8. The summed E-state index contributed by atoms with van der Waals surface area (Å²) >= 11 is 1.21. The summed E-state index contributed by atoms with van der Waals surface area (Å²) < 4.78 is 26.6. The minimum Gasteiger partial charge on any atom is -0.356 e. The number of sulfonamides is 1. The van der Waals surface area contributed by atoms with Gasteiger partial charge in [0.2, 0.25) is 10.0 Å². The van der Waals surface area contributed by atoms with Crippen LogP contribution in [-0.2, 0) is 10.0 Å². The molecule has 0 saturated carbocycles. The number of hydrogen-bond donors (Lipinski definition) is 3. The molecule has 3 N–H and O–H groups in total. The fourth-order valence-electron chi connectivity index (χ4n) is 1.46. The van der Waals surface area contributed by atoms with Crippen LogP contribution in [0.3, 0.4) is 0 Å². The Hall–Kier alpha value is -1.12. The molecule has 114 valence electrons. The SMILES string of the molecule is CCCCNC(=NC)NCCNS(=O)(=O)c1cccs1. The number of thiophene rings is 1. The molecule has 0 saturated heterocycles. The molecular weight excluding hydrogens is 296 g/mol. The van der Waals surface area contributed by atoms with Gasteiger partial charge in [0.15, 0.2) is 5.96 Å². The predicted molar refractivity (Wildman–Crippen MR) is 83.8 cm³/mol. The Bertz CT molecular complexity index is 498. The Morgan fingerprint density at radius 1 is 1.30 bits per heavy atom. The van der Waals surface area contributed by atoms with Gasteiger partial charge in [0.05, 0.1) is 0 Å². The monoisotopic (exact) mass is 318 g/mol. The number of nitrogens with zero attached hydrogens (tertiary/aromatic N) is 1. The highest BCUT2D eigenvalue weighted by atomic mass is 32.2. The van der Waals surface area contributed by atoms with Gasteiger partial charge in [-0.05, 0) is 17.9 Å². The quantitative estimate of drug-likeness (QED) is 0.379. The van der Waals surface area contributed by atoms with E-state index >= 15 is 0 Å². The molecule has 0 aliphatic rings. The average Bonchev–Trinajstić information content (AvgIpc) is 2.96. The molecule has 0 atom stereocenters. The van der Waals surface area contributed by atoms with Crippen LogP contribution >= 0.6 is 11.3 Å². The number of unbranched alkanes of at least 4 members (excludes halogenated alkanes) is 1. The molecule has 0 aliphatic heterocycles. The highest BCUT2D eigenvalue weighted by Crippen LogP contribution is 2.14. The van der Waals surface area contributed by atoms with E-state index in [1.807, 2.05) is 0 Å². The van der Waals surface area contributed by atoms with Gasteiger partial charge < -0.3 is 10.6 Å². The fraction of sp³-hybridized carbons (Fsp3) is 0.583. The van der Waals surface area contributed by atoms with Crippen LogP contribution in [0.15, 0.2) is 26.7 Å². The molecule has 20 heavy (non-hydrogen) atoms. The van der Waals surface area contributed by atoms with Gasteiger partial charge in [0.1, 0.15) is 4.21 Å². The Kier molecular flexibility index (Phi) is 7.56. The van der Waals surface area contributed by atoms with Crippen LogP contribution in [0.2, 0.25) is 0 Å². The molecule has 1 aromatic heterocycles. The lowest BCUT2D eigenvalue weighted by Crippen LogP contribution is -2.41. The number of aliphatic imine (C=N–C) groups is 1. The third kappa shape index (κ3) is 5.89. The van der Waals surface area contributed by atoms with E-state index in [1.165, 1.54) is 11.3 Å². The lowest BCUT2D eigenvalue weighted by molar-refractivity contribution is 0.582. The van der Waals surface area contributed by atoms with Crippen molar-refractivity contribution in [1.29, 1.82) is 0 Å². The number of nitrogens with one attached hydrogen (secondary N) is 3. The molecule has 0 radical (unpaired) electrons. The van der Waals surface area contributed by atoms with Gasteiger partial charge >= 0.3 is 0 Å². The van der Waals surface area contributed by atoms with Crippen molar-refractivity contribution in [2.45, 2.75) is 24.0 Å². The smallest absolute Gasteiger partial charge is 0.250 e. The van der Waals surface area contributed by atoms with Gasteiger partial charge in [0.25, 0.3) is 0 Å². The average molecular weight is 318 g/mol.